The lowest BCUT2D eigenvalue weighted by Gasteiger charge is -2.15. The van der Waals surface area contributed by atoms with E-state index < -0.39 is 17.8 Å². The Balaban J connectivity index is 2.44. The van der Waals surface area contributed by atoms with Crippen molar-refractivity contribution in [2.45, 2.75) is 12.2 Å². The normalized spacial score (nSPS) is 13.6. The lowest BCUT2D eigenvalue weighted by molar-refractivity contribution is -0.137. The molecule has 96 valence electrons. The molecule has 1 aromatic carbocycles. The Labute approximate surface area is 111 Å². The molecule has 0 radical (unpaired) electrons. The molecule has 1 atom stereocenters. The summed E-state index contributed by atoms with van der Waals surface area (Å²) < 4.78 is 37.9. The first-order valence-electron chi connectivity index (χ1n) is 5.05. The quantitative estimate of drug-likeness (QED) is 0.868. The Kier molecular flexibility index (Phi) is 3.66. The largest absolute Gasteiger partial charge is 0.416 e. The van der Waals surface area contributed by atoms with Crippen LogP contribution >= 0.6 is 22.9 Å². The summed E-state index contributed by atoms with van der Waals surface area (Å²) in [6.07, 6.45) is -4.39. The molecule has 0 aliphatic heterocycles. The first-order chi connectivity index (χ1) is 8.39. The number of rotatable bonds is 2. The molecule has 0 bridgehead atoms. The highest BCUT2D eigenvalue weighted by Crippen LogP contribution is 2.35. The summed E-state index contributed by atoms with van der Waals surface area (Å²) >= 11 is 7.30. The third-order valence-corrected chi connectivity index (χ3v) is 3.81. The van der Waals surface area contributed by atoms with Crippen LogP contribution in [-0.2, 0) is 6.18 Å². The molecule has 18 heavy (non-hydrogen) atoms. The number of hydrogen-bond donors (Lipinski definition) is 1. The molecule has 0 spiro atoms. The van der Waals surface area contributed by atoms with Gasteiger partial charge in [-0.25, -0.2) is 0 Å². The Morgan fingerprint density at radius 1 is 1.22 bits per heavy atom. The molecule has 1 nitrogen and oxygen atoms in total. The molecule has 2 aromatic rings. The van der Waals surface area contributed by atoms with E-state index in [1.54, 1.807) is 12.1 Å². The van der Waals surface area contributed by atoms with Gasteiger partial charge in [-0.15, -0.1) is 11.3 Å². The molecule has 0 aliphatic rings. The van der Waals surface area contributed by atoms with Crippen LogP contribution in [0.25, 0.3) is 0 Å². The van der Waals surface area contributed by atoms with Gasteiger partial charge in [0.15, 0.2) is 0 Å². The third-order valence-electron chi connectivity index (χ3n) is 2.51. The second-order valence-corrected chi connectivity index (χ2v) is 5.11. The topological polar surface area (TPSA) is 26.0 Å². The molecular formula is C12H9ClF3NS. The van der Waals surface area contributed by atoms with E-state index in [0.29, 0.717) is 0 Å². The zero-order valence-corrected chi connectivity index (χ0v) is 10.6. The van der Waals surface area contributed by atoms with Crippen molar-refractivity contribution in [3.8, 4) is 0 Å². The lowest BCUT2D eigenvalue weighted by Crippen LogP contribution is -2.13. The molecule has 1 aromatic heterocycles. The van der Waals surface area contributed by atoms with Gasteiger partial charge in [0.1, 0.15) is 0 Å². The van der Waals surface area contributed by atoms with Crippen LogP contribution in [0.1, 0.15) is 22.0 Å². The van der Waals surface area contributed by atoms with E-state index in [1.807, 2.05) is 5.38 Å². The fraction of sp³-hybridized carbons (Fsp3) is 0.167. The van der Waals surface area contributed by atoms with E-state index in [-0.39, 0.29) is 10.6 Å². The van der Waals surface area contributed by atoms with Crippen LogP contribution in [0.4, 0.5) is 13.2 Å². The van der Waals surface area contributed by atoms with Gasteiger partial charge < -0.3 is 5.73 Å². The van der Waals surface area contributed by atoms with Crippen molar-refractivity contribution in [2.24, 2.45) is 5.73 Å². The highest BCUT2D eigenvalue weighted by atomic mass is 35.5. The molecule has 6 heteroatoms. The molecule has 0 fully saturated rings. The molecule has 1 heterocycles. The first-order valence-corrected chi connectivity index (χ1v) is 6.31. The predicted molar refractivity (Wildman–Crippen MR) is 66.8 cm³/mol. The summed E-state index contributed by atoms with van der Waals surface area (Å²) in [4.78, 5) is 0.774. The number of hydrogen-bond acceptors (Lipinski definition) is 2. The number of benzene rings is 1. The van der Waals surface area contributed by atoms with E-state index in [0.717, 1.165) is 17.0 Å². The summed E-state index contributed by atoms with van der Waals surface area (Å²) in [6, 6.07) is 6.11. The average molecular weight is 292 g/mol. The van der Waals surface area contributed by atoms with Crippen LogP contribution in [0.2, 0.25) is 5.02 Å². The van der Waals surface area contributed by atoms with Crippen molar-refractivity contribution in [1.29, 1.82) is 0 Å². The fourth-order valence-corrected chi connectivity index (χ4v) is 2.56. The van der Waals surface area contributed by atoms with Gasteiger partial charge in [0.25, 0.3) is 0 Å². The Morgan fingerprint density at radius 2 is 1.94 bits per heavy atom. The first kappa shape index (κ1) is 13.4. The monoisotopic (exact) mass is 291 g/mol. The second kappa shape index (κ2) is 4.91. The Bertz CT molecular complexity index is 537. The van der Waals surface area contributed by atoms with Crippen LogP contribution < -0.4 is 5.73 Å². The maximum Gasteiger partial charge on any atom is 0.416 e. The number of alkyl halides is 3. The van der Waals surface area contributed by atoms with E-state index in [4.69, 9.17) is 17.3 Å². The molecule has 0 amide bonds. The lowest BCUT2D eigenvalue weighted by atomic mass is 10.0. The van der Waals surface area contributed by atoms with Crippen molar-refractivity contribution < 1.29 is 13.2 Å². The summed E-state index contributed by atoms with van der Waals surface area (Å²) in [5, 5.41) is 2.06. The van der Waals surface area contributed by atoms with Gasteiger partial charge in [-0.2, -0.15) is 13.2 Å². The SMILES string of the molecule is N[C@H](c1cccs1)c1cc(C(F)(F)F)ccc1Cl. The maximum atomic E-state index is 12.6. The molecule has 0 aliphatic carbocycles. The second-order valence-electron chi connectivity index (χ2n) is 3.73. The van der Waals surface area contributed by atoms with Crippen LogP contribution in [0.3, 0.4) is 0 Å². The molecule has 0 saturated heterocycles. The maximum absolute atomic E-state index is 12.6. The van der Waals surface area contributed by atoms with E-state index in [9.17, 15) is 13.2 Å². The Hall–Kier alpha value is -1.04. The summed E-state index contributed by atoms with van der Waals surface area (Å²) in [5.41, 5.74) is 5.48. The van der Waals surface area contributed by atoms with Gasteiger partial charge in [-0.3, -0.25) is 0 Å². The van der Waals surface area contributed by atoms with Crippen molar-refractivity contribution in [2.75, 3.05) is 0 Å². The van der Waals surface area contributed by atoms with Gasteiger partial charge in [0, 0.05) is 9.90 Å². The predicted octanol–water partition coefficient (Wildman–Crippen LogP) is 4.47. The minimum absolute atomic E-state index is 0.240. The molecular weight excluding hydrogens is 283 g/mol. The highest BCUT2D eigenvalue weighted by Gasteiger charge is 2.31. The van der Waals surface area contributed by atoms with Gasteiger partial charge in [0.05, 0.1) is 11.6 Å². The van der Waals surface area contributed by atoms with Crippen molar-refractivity contribution in [3.63, 3.8) is 0 Å². The van der Waals surface area contributed by atoms with Gasteiger partial charge >= 0.3 is 6.18 Å². The summed E-state index contributed by atoms with van der Waals surface area (Å²) in [7, 11) is 0. The molecule has 2 rings (SSSR count). The summed E-state index contributed by atoms with van der Waals surface area (Å²) in [5.74, 6) is 0. The number of thiophene rings is 1. The minimum Gasteiger partial charge on any atom is -0.320 e. The Morgan fingerprint density at radius 3 is 2.50 bits per heavy atom. The minimum atomic E-state index is -4.39. The smallest absolute Gasteiger partial charge is 0.320 e. The zero-order valence-electron chi connectivity index (χ0n) is 9.04. The highest BCUT2D eigenvalue weighted by molar-refractivity contribution is 7.10. The molecule has 2 N–H and O–H groups in total. The molecule has 0 saturated carbocycles. The average Bonchev–Trinajstić information content (AvgIpc) is 2.80. The standard InChI is InChI=1S/C12H9ClF3NS/c13-9-4-3-7(12(14,15)16)6-8(9)11(17)10-2-1-5-18-10/h1-6,11H,17H2/t11-/m0/s1. The van der Waals surface area contributed by atoms with Crippen LogP contribution in [0.15, 0.2) is 35.7 Å². The zero-order chi connectivity index (χ0) is 13.3. The van der Waals surface area contributed by atoms with E-state index >= 15 is 0 Å². The van der Waals surface area contributed by atoms with Crippen molar-refractivity contribution in [3.05, 3.63) is 56.7 Å². The van der Waals surface area contributed by atoms with Crippen molar-refractivity contribution >= 4 is 22.9 Å². The third kappa shape index (κ3) is 2.68. The fourth-order valence-electron chi connectivity index (χ4n) is 1.58. The number of halogens is 4. The number of nitrogens with two attached hydrogens (primary N) is 1. The van der Waals surface area contributed by atoms with Crippen LogP contribution in [0, 0.1) is 0 Å². The summed E-state index contributed by atoms with van der Waals surface area (Å²) in [6.45, 7) is 0. The van der Waals surface area contributed by atoms with E-state index in [2.05, 4.69) is 0 Å². The van der Waals surface area contributed by atoms with Gasteiger partial charge in [-0.05, 0) is 35.2 Å². The van der Waals surface area contributed by atoms with Gasteiger partial charge in [0.2, 0.25) is 0 Å². The van der Waals surface area contributed by atoms with E-state index in [1.165, 1.54) is 17.4 Å². The van der Waals surface area contributed by atoms with Crippen LogP contribution in [0.5, 0.6) is 0 Å². The molecule has 0 unspecified atom stereocenters. The van der Waals surface area contributed by atoms with Crippen LogP contribution in [-0.4, -0.2) is 0 Å². The van der Waals surface area contributed by atoms with Crippen molar-refractivity contribution in [1.82, 2.24) is 0 Å². The van der Waals surface area contributed by atoms with Gasteiger partial charge in [-0.1, -0.05) is 17.7 Å².